The molecule has 0 aliphatic carbocycles. The fourth-order valence-electron chi connectivity index (χ4n) is 2.37. The normalized spacial score (nSPS) is 18.4. The van der Waals surface area contributed by atoms with Crippen LogP contribution >= 0.6 is 15.9 Å². The molecule has 4 nitrogen and oxygen atoms in total. The van der Waals surface area contributed by atoms with Crippen LogP contribution in [0.15, 0.2) is 47.5 Å². The fourth-order valence-corrected chi connectivity index (χ4v) is 2.72. The SMILES string of the molecule is Brc1cncc(N2CC[C@H](OCc3ccncc3)C2)c1. The lowest BCUT2D eigenvalue weighted by atomic mass is 10.3. The van der Waals surface area contributed by atoms with E-state index in [0.717, 1.165) is 29.7 Å². The van der Waals surface area contributed by atoms with Gasteiger partial charge in [-0.15, -0.1) is 0 Å². The second-order valence-corrected chi connectivity index (χ2v) is 5.80. The third-order valence-electron chi connectivity index (χ3n) is 3.44. The van der Waals surface area contributed by atoms with Crippen LogP contribution in [0.4, 0.5) is 5.69 Å². The van der Waals surface area contributed by atoms with Crippen molar-refractivity contribution < 1.29 is 4.74 Å². The van der Waals surface area contributed by atoms with Crippen LogP contribution in [0.2, 0.25) is 0 Å². The summed E-state index contributed by atoms with van der Waals surface area (Å²) in [5.41, 5.74) is 2.32. The Balaban J connectivity index is 1.55. The molecule has 2 aromatic heterocycles. The highest BCUT2D eigenvalue weighted by Gasteiger charge is 2.23. The first-order valence-electron chi connectivity index (χ1n) is 6.67. The van der Waals surface area contributed by atoms with Gasteiger partial charge in [-0.1, -0.05) is 0 Å². The van der Waals surface area contributed by atoms with E-state index in [4.69, 9.17) is 4.74 Å². The van der Waals surface area contributed by atoms with Crippen LogP contribution in [0.25, 0.3) is 0 Å². The van der Waals surface area contributed by atoms with E-state index in [-0.39, 0.29) is 6.10 Å². The minimum Gasteiger partial charge on any atom is -0.372 e. The molecule has 1 saturated heterocycles. The maximum atomic E-state index is 5.97. The van der Waals surface area contributed by atoms with Gasteiger partial charge in [0.15, 0.2) is 0 Å². The van der Waals surface area contributed by atoms with Gasteiger partial charge >= 0.3 is 0 Å². The molecule has 20 heavy (non-hydrogen) atoms. The highest BCUT2D eigenvalue weighted by Crippen LogP contribution is 2.24. The summed E-state index contributed by atoms with van der Waals surface area (Å²) in [6.45, 7) is 2.58. The molecular weight excluding hydrogens is 318 g/mol. The number of anilines is 1. The highest BCUT2D eigenvalue weighted by molar-refractivity contribution is 9.10. The Hall–Kier alpha value is -1.46. The highest BCUT2D eigenvalue weighted by atomic mass is 79.9. The Labute approximate surface area is 126 Å². The largest absolute Gasteiger partial charge is 0.372 e. The van der Waals surface area contributed by atoms with Gasteiger partial charge in [0.1, 0.15) is 0 Å². The lowest BCUT2D eigenvalue weighted by Crippen LogP contribution is -2.22. The smallest absolute Gasteiger partial charge is 0.0771 e. The minimum absolute atomic E-state index is 0.280. The Morgan fingerprint density at radius 3 is 2.90 bits per heavy atom. The quantitative estimate of drug-likeness (QED) is 0.861. The molecule has 3 heterocycles. The maximum Gasteiger partial charge on any atom is 0.0771 e. The molecule has 0 radical (unpaired) electrons. The van der Waals surface area contributed by atoms with Crippen molar-refractivity contribution in [3.63, 3.8) is 0 Å². The van der Waals surface area contributed by atoms with E-state index in [1.54, 1.807) is 18.6 Å². The Morgan fingerprint density at radius 2 is 2.10 bits per heavy atom. The molecule has 2 aromatic rings. The zero-order valence-electron chi connectivity index (χ0n) is 11.1. The Kier molecular flexibility index (Phi) is 4.28. The van der Waals surface area contributed by atoms with E-state index in [1.165, 1.54) is 5.56 Å². The summed E-state index contributed by atoms with van der Waals surface area (Å²) < 4.78 is 6.98. The van der Waals surface area contributed by atoms with Crippen LogP contribution < -0.4 is 4.90 Å². The third kappa shape index (κ3) is 3.35. The maximum absolute atomic E-state index is 5.97. The summed E-state index contributed by atoms with van der Waals surface area (Å²) in [7, 11) is 0. The Bertz CT molecular complexity index is 564. The molecule has 0 N–H and O–H groups in total. The first kappa shape index (κ1) is 13.5. The van der Waals surface area contributed by atoms with Crippen molar-refractivity contribution in [3.05, 3.63) is 53.0 Å². The molecule has 1 atom stereocenters. The topological polar surface area (TPSA) is 38.2 Å². The van der Waals surface area contributed by atoms with Crippen molar-refractivity contribution >= 4 is 21.6 Å². The van der Waals surface area contributed by atoms with E-state index < -0.39 is 0 Å². The van der Waals surface area contributed by atoms with Gasteiger partial charge in [0.25, 0.3) is 0 Å². The second kappa shape index (κ2) is 6.33. The van der Waals surface area contributed by atoms with Crippen LogP contribution in [0.3, 0.4) is 0 Å². The minimum atomic E-state index is 0.280. The first-order valence-corrected chi connectivity index (χ1v) is 7.46. The van der Waals surface area contributed by atoms with Crippen molar-refractivity contribution in [2.24, 2.45) is 0 Å². The van der Waals surface area contributed by atoms with Crippen LogP contribution in [-0.2, 0) is 11.3 Å². The lowest BCUT2D eigenvalue weighted by molar-refractivity contribution is 0.0553. The van der Waals surface area contributed by atoms with Crippen molar-refractivity contribution in [2.75, 3.05) is 18.0 Å². The standard InChI is InChI=1S/C15H16BrN3O/c16-13-7-14(9-18-8-13)19-6-3-15(10-19)20-11-12-1-4-17-5-2-12/h1-2,4-5,7-9,15H,3,6,10-11H2/t15-/m0/s1. The summed E-state index contributed by atoms with van der Waals surface area (Å²) in [5, 5.41) is 0. The van der Waals surface area contributed by atoms with E-state index in [1.807, 2.05) is 18.3 Å². The molecule has 1 fully saturated rings. The number of hydrogen-bond acceptors (Lipinski definition) is 4. The zero-order chi connectivity index (χ0) is 13.8. The number of halogens is 1. The lowest BCUT2D eigenvalue weighted by Gasteiger charge is -2.18. The molecule has 0 amide bonds. The Morgan fingerprint density at radius 1 is 1.25 bits per heavy atom. The molecule has 5 heteroatoms. The molecule has 0 aromatic carbocycles. The molecule has 0 saturated carbocycles. The van der Waals surface area contributed by atoms with Crippen molar-refractivity contribution in [1.82, 2.24) is 9.97 Å². The number of aromatic nitrogens is 2. The van der Waals surface area contributed by atoms with Gasteiger partial charge in [0, 0.05) is 36.2 Å². The van der Waals surface area contributed by atoms with Gasteiger partial charge in [-0.2, -0.15) is 0 Å². The van der Waals surface area contributed by atoms with E-state index >= 15 is 0 Å². The number of hydrogen-bond donors (Lipinski definition) is 0. The average Bonchev–Trinajstić information content (AvgIpc) is 2.95. The fraction of sp³-hybridized carbons (Fsp3) is 0.333. The summed E-state index contributed by atoms with van der Waals surface area (Å²) >= 11 is 3.46. The molecule has 1 aliphatic rings. The first-order chi connectivity index (χ1) is 9.81. The molecule has 0 spiro atoms. The number of nitrogens with zero attached hydrogens (tertiary/aromatic N) is 3. The number of ether oxygens (including phenoxy) is 1. The predicted molar refractivity (Wildman–Crippen MR) is 81.6 cm³/mol. The van der Waals surface area contributed by atoms with Gasteiger partial charge in [0.2, 0.25) is 0 Å². The number of rotatable bonds is 4. The third-order valence-corrected chi connectivity index (χ3v) is 3.87. The monoisotopic (exact) mass is 333 g/mol. The van der Waals surface area contributed by atoms with Gasteiger partial charge in [0.05, 0.1) is 24.6 Å². The molecule has 104 valence electrons. The van der Waals surface area contributed by atoms with Gasteiger partial charge in [-0.3, -0.25) is 9.97 Å². The second-order valence-electron chi connectivity index (χ2n) is 4.88. The van der Waals surface area contributed by atoms with Crippen LogP contribution in [0.5, 0.6) is 0 Å². The predicted octanol–water partition coefficient (Wildman–Crippen LogP) is 3.03. The van der Waals surface area contributed by atoms with Gasteiger partial charge < -0.3 is 9.64 Å². The summed E-state index contributed by atoms with van der Waals surface area (Å²) in [5.74, 6) is 0. The van der Waals surface area contributed by atoms with Crippen molar-refractivity contribution in [1.29, 1.82) is 0 Å². The van der Waals surface area contributed by atoms with E-state index in [2.05, 4.69) is 36.9 Å². The summed E-state index contributed by atoms with van der Waals surface area (Å²) in [6, 6.07) is 6.08. The average molecular weight is 334 g/mol. The number of pyridine rings is 2. The molecule has 3 rings (SSSR count). The van der Waals surface area contributed by atoms with Crippen LogP contribution in [0, 0.1) is 0 Å². The van der Waals surface area contributed by atoms with E-state index in [0.29, 0.717) is 6.61 Å². The van der Waals surface area contributed by atoms with Crippen LogP contribution in [0.1, 0.15) is 12.0 Å². The van der Waals surface area contributed by atoms with Crippen molar-refractivity contribution in [3.8, 4) is 0 Å². The van der Waals surface area contributed by atoms with Crippen molar-refractivity contribution in [2.45, 2.75) is 19.1 Å². The molecule has 0 unspecified atom stereocenters. The van der Waals surface area contributed by atoms with Crippen LogP contribution in [-0.4, -0.2) is 29.2 Å². The summed E-state index contributed by atoms with van der Waals surface area (Å²) in [6.07, 6.45) is 8.63. The molecule has 1 aliphatic heterocycles. The van der Waals surface area contributed by atoms with E-state index in [9.17, 15) is 0 Å². The molecular formula is C15H16BrN3O. The van der Waals surface area contributed by atoms with Gasteiger partial charge in [-0.25, -0.2) is 0 Å². The zero-order valence-corrected chi connectivity index (χ0v) is 12.7. The van der Waals surface area contributed by atoms with Gasteiger partial charge in [-0.05, 0) is 46.1 Å². The molecule has 0 bridgehead atoms. The summed E-state index contributed by atoms with van der Waals surface area (Å²) in [4.78, 5) is 10.5.